The number of ether oxygens (including phenoxy) is 2. The van der Waals surface area contributed by atoms with Gasteiger partial charge in [-0.25, -0.2) is 0 Å². The van der Waals surface area contributed by atoms with Crippen molar-refractivity contribution in [1.82, 2.24) is 31.2 Å². The van der Waals surface area contributed by atoms with Crippen LogP contribution in [0, 0.1) is 0 Å². The van der Waals surface area contributed by atoms with Crippen LogP contribution in [0.1, 0.15) is 60.9 Å². The van der Waals surface area contributed by atoms with E-state index in [-0.39, 0.29) is 11.5 Å². The quantitative estimate of drug-likeness (QED) is 0.0795. The number of hydrogen-bond donors (Lipinski definition) is 7. The van der Waals surface area contributed by atoms with Crippen molar-refractivity contribution in [2.45, 2.75) is 64.5 Å². The molecule has 0 unspecified atom stereocenters. The van der Waals surface area contributed by atoms with Crippen LogP contribution in [0.15, 0.2) is 42.6 Å². The number of phenolic OH excluding ortho intramolecular Hbond substituents is 2. The molecule has 0 fully saturated rings. The molecular formula is C33H53N7O4. The zero-order valence-corrected chi connectivity index (χ0v) is 26.5. The molecule has 1 aromatic heterocycles. The second kappa shape index (κ2) is 20.4. The predicted octanol–water partition coefficient (Wildman–Crippen LogP) is 3.21. The number of fused-ring (bicyclic) bond motifs is 1. The Morgan fingerprint density at radius 1 is 0.705 bits per heavy atom. The number of rotatable bonds is 19. The highest BCUT2D eigenvalue weighted by Gasteiger charge is 2.11. The number of benzene rings is 2. The van der Waals surface area contributed by atoms with Crippen molar-refractivity contribution in [2.75, 3.05) is 59.3 Å². The van der Waals surface area contributed by atoms with E-state index < -0.39 is 0 Å². The fourth-order valence-corrected chi connectivity index (χ4v) is 5.05. The Balaban J connectivity index is 0.000000440. The lowest BCUT2D eigenvalue weighted by molar-refractivity contribution is 0.372. The minimum absolute atomic E-state index is 0.172. The molecule has 1 aliphatic rings. The van der Waals surface area contributed by atoms with Gasteiger partial charge in [-0.1, -0.05) is 12.1 Å². The van der Waals surface area contributed by atoms with Crippen molar-refractivity contribution in [1.29, 1.82) is 0 Å². The fraction of sp³-hybridized carbons (Fsp3) is 0.545. The lowest BCUT2D eigenvalue weighted by Crippen LogP contribution is -2.24. The summed E-state index contributed by atoms with van der Waals surface area (Å²) in [6, 6.07) is 10.9. The van der Waals surface area contributed by atoms with Gasteiger partial charge in [-0.3, -0.25) is 0 Å². The second-order valence-electron chi connectivity index (χ2n) is 11.1. The Bertz CT molecular complexity index is 1130. The van der Waals surface area contributed by atoms with Crippen LogP contribution in [0.5, 0.6) is 23.0 Å². The van der Waals surface area contributed by atoms with Gasteiger partial charge in [0.2, 0.25) is 0 Å². The molecule has 8 N–H and O–H groups in total. The van der Waals surface area contributed by atoms with Gasteiger partial charge in [0.1, 0.15) is 0 Å². The summed E-state index contributed by atoms with van der Waals surface area (Å²) in [5.41, 5.74) is 4.75. The summed E-state index contributed by atoms with van der Waals surface area (Å²) in [5.74, 6) is 6.84. The first-order valence-electron chi connectivity index (χ1n) is 15.9. The summed E-state index contributed by atoms with van der Waals surface area (Å²) in [4.78, 5) is 1.43. The van der Waals surface area contributed by atoms with E-state index in [0.717, 1.165) is 89.2 Å². The molecule has 0 radical (unpaired) electrons. The van der Waals surface area contributed by atoms with E-state index in [1.165, 1.54) is 41.7 Å². The van der Waals surface area contributed by atoms with Crippen LogP contribution in [-0.2, 0) is 25.9 Å². The molecule has 244 valence electrons. The second-order valence-corrected chi connectivity index (χ2v) is 11.1. The van der Waals surface area contributed by atoms with Crippen LogP contribution in [0.2, 0.25) is 0 Å². The normalized spacial score (nSPS) is 12.3. The van der Waals surface area contributed by atoms with E-state index in [4.69, 9.17) is 15.3 Å². The van der Waals surface area contributed by atoms with Crippen molar-refractivity contribution >= 4 is 0 Å². The van der Waals surface area contributed by atoms with Gasteiger partial charge in [0.25, 0.3) is 0 Å². The zero-order valence-electron chi connectivity index (χ0n) is 26.5. The number of nitrogen functional groups attached to an aromatic ring is 1. The Hall–Kier alpha value is -3.51. The molecule has 0 aliphatic heterocycles. The standard InChI is InChI=1S/C26H42N4O4.C7H11N3/c1-33-25-17-21(7-9-23(25)31)19-29-15-5-13-27-11-3-4-12-28-14-6-16-30-20-22-8-10-24(32)26(18-22)34-2;8-10-5-6-3-1-2-4-7(6)9-10/h7-10,17-18,27-32H,3-6,11-16,19-20H2,1-2H3;5H,1-4,8H2. The van der Waals surface area contributed by atoms with Crippen LogP contribution in [0.3, 0.4) is 0 Å². The van der Waals surface area contributed by atoms with Crippen LogP contribution >= 0.6 is 0 Å². The van der Waals surface area contributed by atoms with Gasteiger partial charge in [0, 0.05) is 13.1 Å². The van der Waals surface area contributed by atoms with Gasteiger partial charge in [0.15, 0.2) is 23.0 Å². The number of aromatic hydroxyl groups is 2. The van der Waals surface area contributed by atoms with Crippen molar-refractivity contribution < 1.29 is 19.7 Å². The molecule has 3 aromatic rings. The van der Waals surface area contributed by atoms with Gasteiger partial charge in [-0.2, -0.15) is 9.89 Å². The molecule has 11 heteroatoms. The number of methoxy groups -OCH3 is 2. The molecule has 0 spiro atoms. The minimum Gasteiger partial charge on any atom is -0.504 e. The van der Waals surface area contributed by atoms with Crippen LogP contribution in [-0.4, -0.2) is 73.6 Å². The topological polar surface area (TPSA) is 151 Å². The lowest BCUT2D eigenvalue weighted by atomic mass is 9.99. The molecular weight excluding hydrogens is 558 g/mol. The third-order valence-electron chi connectivity index (χ3n) is 7.52. The van der Waals surface area contributed by atoms with Crippen molar-refractivity contribution in [3.8, 4) is 23.0 Å². The lowest BCUT2D eigenvalue weighted by Gasteiger charge is -2.09. The van der Waals surface area contributed by atoms with Crippen molar-refractivity contribution in [3.63, 3.8) is 0 Å². The Morgan fingerprint density at radius 3 is 1.68 bits per heavy atom. The predicted molar refractivity (Wildman–Crippen MR) is 176 cm³/mol. The Kier molecular flexibility index (Phi) is 16.3. The third-order valence-corrected chi connectivity index (χ3v) is 7.52. The molecule has 1 heterocycles. The maximum atomic E-state index is 9.63. The first-order valence-corrected chi connectivity index (χ1v) is 15.9. The SMILES string of the molecule is COc1cc(CNCCCNCCCCNCCCNCc2ccc(O)c(OC)c2)ccc1O.Nn1cc2c(n1)CCCC2. The molecule has 0 saturated heterocycles. The first kappa shape index (κ1) is 35.0. The average Bonchev–Trinajstić information content (AvgIpc) is 3.42. The number of phenols is 2. The molecule has 1 aliphatic carbocycles. The summed E-state index contributed by atoms with van der Waals surface area (Å²) < 4.78 is 10.3. The van der Waals surface area contributed by atoms with E-state index in [9.17, 15) is 10.2 Å². The molecule has 0 amide bonds. The van der Waals surface area contributed by atoms with E-state index in [1.807, 2.05) is 30.5 Å². The average molecular weight is 612 g/mol. The van der Waals surface area contributed by atoms with Crippen LogP contribution < -0.4 is 36.6 Å². The Labute approximate surface area is 262 Å². The molecule has 0 saturated carbocycles. The number of nitrogens with one attached hydrogen (secondary N) is 4. The van der Waals surface area contributed by atoms with E-state index in [2.05, 4.69) is 26.4 Å². The van der Waals surface area contributed by atoms with E-state index >= 15 is 0 Å². The summed E-state index contributed by atoms with van der Waals surface area (Å²) in [6.45, 7) is 7.56. The third kappa shape index (κ3) is 13.0. The maximum absolute atomic E-state index is 9.63. The summed E-state index contributed by atoms with van der Waals surface area (Å²) in [6.07, 6.45) is 11.3. The molecule has 4 rings (SSSR count). The summed E-state index contributed by atoms with van der Waals surface area (Å²) in [5, 5.41) is 37.2. The van der Waals surface area contributed by atoms with Gasteiger partial charge < -0.3 is 46.8 Å². The number of nitrogens with two attached hydrogens (primary N) is 1. The van der Waals surface area contributed by atoms with Crippen LogP contribution in [0.25, 0.3) is 0 Å². The molecule has 11 nitrogen and oxygen atoms in total. The number of aryl methyl sites for hydroxylation is 2. The van der Waals surface area contributed by atoms with Gasteiger partial charge in [-0.05, 0) is 132 Å². The monoisotopic (exact) mass is 611 g/mol. The van der Waals surface area contributed by atoms with Crippen LogP contribution in [0.4, 0.5) is 0 Å². The van der Waals surface area contributed by atoms with Gasteiger partial charge in [-0.15, -0.1) is 0 Å². The number of nitrogens with zero attached hydrogens (tertiary/aromatic N) is 2. The highest BCUT2D eigenvalue weighted by Crippen LogP contribution is 2.27. The number of unbranched alkanes of at least 4 members (excludes halogenated alkanes) is 1. The van der Waals surface area contributed by atoms with E-state index in [0.29, 0.717) is 11.5 Å². The highest BCUT2D eigenvalue weighted by atomic mass is 16.5. The maximum Gasteiger partial charge on any atom is 0.160 e. The minimum atomic E-state index is 0.172. The first-order chi connectivity index (χ1) is 21.5. The van der Waals surface area contributed by atoms with Gasteiger partial charge >= 0.3 is 0 Å². The van der Waals surface area contributed by atoms with E-state index in [1.54, 1.807) is 26.4 Å². The largest absolute Gasteiger partial charge is 0.504 e. The fourth-order valence-electron chi connectivity index (χ4n) is 5.05. The van der Waals surface area contributed by atoms with Crippen molar-refractivity contribution in [3.05, 3.63) is 65.0 Å². The molecule has 0 bridgehead atoms. The molecule has 0 atom stereocenters. The molecule has 2 aromatic carbocycles. The number of hydrogen-bond acceptors (Lipinski definition) is 10. The number of aromatic nitrogens is 2. The smallest absolute Gasteiger partial charge is 0.160 e. The Morgan fingerprint density at radius 2 is 1.18 bits per heavy atom. The van der Waals surface area contributed by atoms with Crippen molar-refractivity contribution in [2.24, 2.45) is 0 Å². The summed E-state index contributed by atoms with van der Waals surface area (Å²) >= 11 is 0. The summed E-state index contributed by atoms with van der Waals surface area (Å²) in [7, 11) is 3.12. The molecule has 44 heavy (non-hydrogen) atoms. The zero-order chi connectivity index (χ0) is 31.4. The van der Waals surface area contributed by atoms with Gasteiger partial charge in [0.05, 0.1) is 26.1 Å². The highest BCUT2D eigenvalue weighted by molar-refractivity contribution is 5.42.